The third-order valence-electron chi connectivity index (χ3n) is 4.96. The molecule has 0 saturated heterocycles. The zero-order valence-electron chi connectivity index (χ0n) is 18.0. The monoisotopic (exact) mass is 444 g/mol. The van der Waals surface area contributed by atoms with Crippen LogP contribution in [0.25, 0.3) is 11.0 Å². The standard InChI is InChI=1S/C21H27F3N2O5/c1-5-7-13-15(10-9-14-18(13)31-25-19(14)21(22,23)24)30-11-6-8-16(27)26(4)17(12(2)3)20(28)29/h9-10,12,17H,5-8,11H2,1-4H3,(H,28,29). The molecule has 2 aromatic rings. The Morgan fingerprint density at radius 3 is 2.52 bits per heavy atom. The molecule has 1 aromatic carbocycles. The summed E-state index contributed by atoms with van der Waals surface area (Å²) in [4.78, 5) is 24.9. The van der Waals surface area contributed by atoms with Crippen molar-refractivity contribution >= 4 is 22.8 Å². The SMILES string of the molecule is CCCc1c(OCCCC(=O)N(C)C(C(=O)O)C(C)C)ccc2c(C(F)(F)F)noc12. The van der Waals surface area contributed by atoms with Crippen LogP contribution in [0.4, 0.5) is 13.2 Å². The number of aromatic nitrogens is 1. The first kappa shape index (κ1) is 24.5. The van der Waals surface area contributed by atoms with Crippen LogP contribution in [0.3, 0.4) is 0 Å². The van der Waals surface area contributed by atoms with E-state index in [4.69, 9.17) is 9.26 Å². The van der Waals surface area contributed by atoms with Gasteiger partial charge in [-0.15, -0.1) is 0 Å². The molecular formula is C21H27F3N2O5. The molecule has 1 aromatic heterocycles. The lowest BCUT2D eigenvalue weighted by molar-refractivity contribution is -0.151. The number of benzene rings is 1. The van der Waals surface area contributed by atoms with Crippen LogP contribution in [0, 0.1) is 5.92 Å². The van der Waals surface area contributed by atoms with Gasteiger partial charge in [0, 0.05) is 19.0 Å². The summed E-state index contributed by atoms with van der Waals surface area (Å²) >= 11 is 0. The molecule has 10 heteroatoms. The number of aliphatic carboxylic acids is 1. The molecule has 0 spiro atoms. The molecule has 172 valence electrons. The third kappa shape index (κ3) is 5.68. The molecule has 1 unspecified atom stereocenters. The first-order valence-corrected chi connectivity index (χ1v) is 10.1. The number of halogens is 3. The van der Waals surface area contributed by atoms with E-state index in [1.165, 1.54) is 24.1 Å². The highest BCUT2D eigenvalue weighted by molar-refractivity contribution is 5.85. The molecule has 1 N–H and O–H groups in total. The number of fused-ring (bicyclic) bond motifs is 1. The average Bonchev–Trinajstić information content (AvgIpc) is 3.10. The summed E-state index contributed by atoms with van der Waals surface area (Å²) in [6.07, 6.45) is -3.12. The van der Waals surface area contributed by atoms with Crippen LogP contribution < -0.4 is 4.74 Å². The van der Waals surface area contributed by atoms with Crippen molar-refractivity contribution in [2.24, 2.45) is 5.92 Å². The van der Waals surface area contributed by atoms with Gasteiger partial charge in [-0.25, -0.2) is 4.79 Å². The molecule has 0 radical (unpaired) electrons. The van der Waals surface area contributed by atoms with Gasteiger partial charge in [-0.05, 0) is 30.9 Å². The number of alkyl halides is 3. The van der Waals surface area contributed by atoms with E-state index in [1.807, 2.05) is 6.92 Å². The second-order valence-electron chi connectivity index (χ2n) is 7.68. The minimum absolute atomic E-state index is 0.0451. The van der Waals surface area contributed by atoms with Gasteiger partial charge in [0.25, 0.3) is 0 Å². The molecule has 0 aliphatic carbocycles. The largest absolute Gasteiger partial charge is 0.493 e. The molecule has 2 rings (SSSR count). The van der Waals surface area contributed by atoms with E-state index >= 15 is 0 Å². The maximum absolute atomic E-state index is 13.1. The van der Waals surface area contributed by atoms with E-state index < -0.39 is 23.9 Å². The molecule has 0 aliphatic rings. The molecule has 0 bridgehead atoms. The Morgan fingerprint density at radius 1 is 1.29 bits per heavy atom. The first-order valence-electron chi connectivity index (χ1n) is 10.1. The van der Waals surface area contributed by atoms with E-state index in [1.54, 1.807) is 13.8 Å². The van der Waals surface area contributed by atoms with Gasteiger partial charge >= 0.3 is 12.1 Å². The van der Waals surface area contributed by atoms with Crippen LogP contribution in [0.5, 0.6) is 5.75 Å². The van der Waals surface area contributed by atoms with Crippen molar-refractivity contribution in [2.45, 2.75) is 58.7 Å². The second-order valence-corrected chi connectivity index (χ2v) is 7.68. The Hall–Kier alpha value is -2.78. The fourth-order valence-electron chi connectivity index (χ4n) is 3.50. The smallest absolute Gasteiger partial charge is 0.437 e. The van der Waals surface area contributed by atoms with E-state index in [9.17, 15) is 27.9 Å². The number of carbonyl (C=O) groups excluding carboxylic acids is 1. The number of carboxylic acid groups (broad SMARTS) is 1. The van der Waals surface area contributed by atoms with Crippen molar-refractivity contribution in [1.29, 1.82) is 0 Å². The fraction of sp³-hybridized carbons (Fsp3) is 0.571. The molecule has 7 nitrogen and oxygen atoms in total. The van der Waals surface area contributed by atoms with Gasteiger partial charge in [-0.3, -0.25) is 4.79 Å². The number of hydrogen-bond acceptors (Lipinski definition) is 5. The zero-order valence-corrected chi connectivity index (χ0v) is 18.0. The van der Waals surface area contributed by atoms with Crippen molar-refractivity contribution < 1.29 is 37.1 Å². The van der Waals surface area contributed by atoms with E-state index in [0.29, 0.717) is 30.6 Å². The van der Waals surface area contributed by atoms with E-state index in [-0.39, 0.29) is 35.8 Å². The molecule has 1 amide bonds. The number of hydrogen-bond donors (Lipinski definition) is 1. The Morgan fingerprint density at radius 2 is 1.97 bits per heavy atom. The predicted octanol–water partition coefficient (Wildman–Crippen LogP) is 4.53. The molecule has 1 heterocycles. The number of amides is 1. The molecule has 0 aliphatic heterocycles. The van der Waals surface area contributed by atoms with Crippen molar-refractivity contribution in [3.8, 4) is 5.75 Å². The normalized spacial score (nSPS) is 12.9. The molecule has 0 saturated carbocycles. The van der Waals surface area contributed by atoms with Gasteiger partial charge in [0.1, 0.15) is 11.8 Å². The Balaban J connectivity index is 2.07. The lowest BCUT2D eigenvalue weighted by Crippen LogP contribution is -2.45. The number of aryl methyl sites for hydroxylation is 1. The van der Waals surface area contributed by atoms with Crippen LogP contribution in [0.15, 0.2) is 16.7 Å². The number of likely N-dealkylation sites (N-methyl/N-ethyl adjacent to an activating group) is 1. The first-order chi connectivity index (χ1) is 14.5. The van der Waals surface area contributed by atoms with Gasteiger partial charge in [0.15, 0.2) is 11.3 Å². The number of ether oxygens (including phenoxy) is 1. The highest BCUT2D eigenvalue weighted by Crippen LogP contribution is 2.38. The maximum Gasteiger partial charge on any atom is 0.437 e. The Bertz CT molecular complexity index is 924. The van der Waals surface area contributed by atoms with E-state index in [0.717, 1.165) is 0 Å². The van der Waals surface area contributed by atoms with Gasteiger partial charge in [0.05, 0.1) is 12.0 Å². The highest BCUT2D eigenvalue weighted by Gasteiger charge is 2.37. The summed E-state index contributed by atoms with van der Waals surface area (Å²) in [5.74, 6) is -1.25. The summed E-state index contributed by atoms with van der Waals surface area (Å²) < 4.78 is 50.0. The molecule has 31 heavy (non-hydrogen) atoms. The summed E-state index contributed by atoms with van der Waals surface area (Å²) in [6, 6.07) is 1.80. The number of nitrogens with zero attached hydrogens (tertiary/aromatic N) is 2. The van der Waals surface area contributed by atoms with Crippen molar-refractivity contribution in [2.75, 3.05) is 13.7 Å². The minimum atomic E-state index is -4.62. The molecule has 0 fully saturated rings. The number of rotatable bonds is 10. The predicted molar refractivity (Wildman–Crippen MR) is 107 cm³/mol. The third-order valence-corrected chi connectivity index (χ3v) is 4.96. The molecular weight excluding hydrogens is 417 g/mol. The van der Waals surface area contributed by atoms with Crippen LogP contribution in [0.1, 0.15) is 51.3 Å². The summed E-state index contributed by atoms with van der Waals surface area (Å²) in [5.41, 5.74) is -0.529. The van der Waals surface area contributed by atoms with Gasteiger partial charge in [-0.2, -0.15) is 13.2 Å². The van der Waals surface area contributed by atoms with Crippen LogP contribution in [0.2, 0.25) is 0 Å². The van der Waals surface area contributed by atoms with Gasteiger partial charge in [-0.1, -0.05) is 32.3 Å². The Labute approximate surface area is 178 Å². The van der Waals surface area contributed by atoms with Crippen molar-refractivity contribution in [3.63, 3.8) is 0 Å². The average molecular weight is 444 g/mol. The van der Waals surface area contributed by atoms with E-state index in [2.05, 4.69) is 5.16 Å². The summed E-state index contributed by atoms with van der Waals surface area (Å²) in [5, 5.41) is 12.4. The van der Waals surface area contributed by atoms with Crippen LogP contribution >= 0.6 is 0 Å². The lowest BCUT2D eigenvalue weighted by atomic mass is 10.0. The fourth-order valence-corrected chi connectivity index (χ4v) is 3.50. The lowest BCUT2D eigenvalue weighted by Gasteiger charge is -2.27. The maximum atomic E-state index is 13.1. The molecule has 1 atom stereocenters. The van der Waals surface area contributed by atoms with Crippen LogP contribution in [-0.2, 0) is 22.2 Å². The number of carboxylic acids is 1. The summed E-state index contributed by atoms with van der Waals surface area (Å²) in [6.45, 7) is 5.47. The number of carbonyl (C=O) groups is 2. The van der Waals surface area contributed by atoms with Crippen molar-refractivity contribution in [3.05, 3.63) is 23.4 Å². The second kappa shape index (κ2) is 10.0. The Kier molecular flexibility index (Phi) is 7.91. The van der Waals surface area contributed by atoms with Gasteiger partial charge in [0.2, 0.25) is 5.91 Å². The van der Waals surface area contributed by atoms with Crippen LogP contribution in [-0.4, -0.2) is 46.7 Å². The topological polar surface area (TPSA) is 92.9 Å². The quantitative estimate of drug-likeness (QED) is 0.542. The zero-order chi connectivity index (χ0) is 23.3. The summed E-state index contributed by atoms with van der Waals surface area (Å²) in [7, 11) is 1.46. The highest BCUT2D eigenvalue weighted by atomic mass is 19.4. The minimum Gasteiger partial charge on any atom is -0.493 e. The van der Waals surface area contributed by atoms with Crippen molar-refractivity contribution in [1.82, 2.24) is 10.1 Å². The van der Waals surface area contributed by atoms with Gasteiger partial charge < -0.3 is 19.3 Å².